The lowest BCUT2D eigenvalue weighted by atomic mass is 10.2. The first kappa shape index (κ1) is 13.1. The number of rotatable bonds is 3. The number of hydrogen-bond acceptors (Lipinski definition) is 2. The van der Waals surface area contributed by atoms with Gasteiger partial charge >= 0.3 is 0 Å². The fourth-order valence-corrected chi connectivity index (χ4v) is 2.43. The molecule has 0 aliphatic carbocycles. The molecule has 0 spiro atoms. The van der Waals surface area contributed by atoms with Gasteiger partial charge in [-0.05, 0) is 35.4 Å². The summed E-state index contributed by atoms with van der Waals surface area (Å²) in [5, 5.41) is 1.16. The second-order valence-corrected chi connectivity index (χ2v) is 5.02. The number of fused-ring (bicyclic) bond motifs is 1. The molecule has 0 atom stereocenters. The van der Waals surface area contributed by atoms with Crippen molar-refractivity contribution in [3.63, 3.8) is 0 Å². The number of nitrogens with two attached hydrogens (primary N) is 1. The Labute approximate surface area is 120 Å². The van der Waals surface area contributed by atoms with Gasteiger partial charge in [-0.25, -0.2) is 9.37 Å². The van der Waals surface area contributed by atoms with Gasteiger partial charge in [-0.3, -0.25) is 0 Å². The third-order valence-corrected chi connectivity index (χ3v) is 3.58. The highest BCUT2D eigenvalue weighted by Gasteiger charge is 2.09. The van der Waals surface area contributed by atoms with E-state index >= 15 is 0 Å². The van der Waals surface area contributed by atoms with Crippen molar-refractivity contribution in [2.75, 3.05) is 0 Å². The van der Waals surface area contributed by atoms with Gasteiger partial charge in [-0.1, -0.05) is 17.7 Å². The molecule has 0 aliphatic rings. The SMILES string of the molecule is NCc1cn(Cc2ccc(Cl)c(F)c2)c2ncccc12. The highest BCUT2D eigenvalue weighted by molar-refractivity contribution is 6.30. The summed E-state index contributed by atoms with van der Waals surface area (Å²) in [5.41, 5.74) is 8.46. The van der Waals surface area contributed by atoms with E-state index in [9.17, 15) is 4.39 Å². The van der Waals surface area contributed by atoms with Crippen LogP contribution < -0.4 is 5.73 Å². The largest absolute Gasteiger partial charge is 0.328 e. The minimum Gasteiger partial charge on any atom is -0.328 e. The summed E-state index contributed by atoms with van der Waals surface area (Å²) < 4.78 is 15.5. The Morgan fingerprint density at radius 2 is 2.15 bits per heavy atom. The van der Waals surface area contributed by atoms with Crippen LogP contribution in [0.1, 0.15) is 11.1 Å². The minimum absolute atomic E-state index is 0.131. The first-order chi connectivity index (χ1) is 9.69. The third-order valence-electron chi connectivity index (χ3n) is 3.27. The maximum Gasteiger partial charge on any atom is 0.142 e. The maximum atomic E-state index is 13.5. The Morgan fingerprint density at radius 1 is 1.30 bits per heavy atom. The lowest BCUT2D eigenvalue weighted by molar-refractivity contribution is 0.624. The molecular weight excluding hydrogens is 277 g/mol. The van der Waals surface area contributed by atoms with E-state index in [2.05, 4.69) is 4.98 Å². The molecule has 3 rings (SSSR count). The van der Waals surface area contributed by atoms with Gasteiger partial charge in [0.15, 0.2) is 0 Å². The lowest BCUT2D eigenvalue weighted by Gasteiger charge is -2.05. The highest BCUT2D eigenvalue weighted by Crippen LogP contribution is 2.21. The Balaban J connectivity index is 2.04. The standard InChI is InChI=1S/C15H13ClFN3/c16-13-4-3-10(6-14(13)17)8-20-9-11(7-18)12-2-1-5-19-15(12)20/h1-6,9H,7-8,18H2. The van der Waals surface area contributed by atoms with Crippen LogP contribution in [0.5, 0.6) is 0 Å². The number of nitrogens with zero attached hydrogens (tertiary/aromatic N) is 2. The molecule has 0 saturated heterocycles. The van der Waals surface area contributed by atoms with E-state index in [0.717, 1.165) is 22.2 Å². The third kappa shape index (κ3) is 2.28. The monoisotopic (exact) mass is 289 g/mol. The summed E-state index contributed by atoms with van der Waals surface area (Å²) in [6, 6.07) is 8.69. The predicted molar refractivity (Wildman–Crippen MR) is 78.1 cm³/mol. The quantitative estimate of drug-likeness (QED) is 0.804. The van der Waals surface area contributed by atoms with Crippen LogP contribution in [0.15, 0.2) is 42.7 Å². The molecule has 5 heteroatoms. The average Bonchev–Trinajstić information content (AvgIpc) is 2.81. The smallest absolute Gasteiger partial charge is 0.142 e. The second kappa shape index (κ2) is 5.23. The Morgan fingerprint density at radius 3 is 2.90 bits per heavy atom. The topological polar surface area (TPSA) is 43.8 Å². The fraction of sp³-hybridized carbons (Fsp3) is 0.133. The van der Waals surface area contributed by atoms with E-state index in [1.165, 1.54) is 6.07 Å². The number of halogens is 2. The summed E-state index contributed by atoms with van der Waals surface area (Å²) in [4.78, 5) is 4.37. The zero-order chi connectivity index (χ0) is 14.1. The van der Waals surface area contributed by atoms with Gasteiger partial charge in [0, 0.05) is 30.9 Å². The first-order valence-corrected chi connectivity index (χ1v) is 6.63. The van der Waals surface area contributed by atoms with E-state index in [1.54, 1.807) is 12.3 Å². The molecule has 0 unspecified atom stereocenters. The average molecular weight is 290 g/mol. The van der Waals surface area contributed by atoms with E-state index in [1.807, 2.05) is 29.0 Å². The molecule has 3 nitrogen and oxygen atoms in total. The van der Waals surface area contributed by atoms with Crippen LogP contribution in [0, 0.1) is 5.82 Å². The molecule has 0 fully saturated rings. The first-order valence-electron chi connectivity index (χ1n) is 6.26. The van der Waals surface area contributed by atoms with Crippen LogP contribution in [0.25, 0.3) is 11.0 Å². The van der Waals surface area contributed by atoms with E-state index in [0.29, 0.717) is 13.1 Å². The molecule has 20 heavy (non-hydrogen) atoms. The summed E-state index contributed by atoms with van der Waals surface area (Å²) in [6.45, 7) is 0.978. The van der Waals surface area contributed by atoms with Gasteiger partial charge in [0.2, 0.25) is 0 Å². The normalized spacial score (nSPS) is 11.2. The molecule has 0 amide bonds. The molecule has 3 aromatic rings. The van der Waals surface area contributed by atoms with Gasteiger partial charge in [0.25, 0.3) is 0 Å². The van der Waals surface area contributed by atoms with E-state index < -0.39 is 5.82 Å². The second-order valence-electron chi connectivity index (χ2n) is 4.61. The zero-order valence-electron chi connectivity index (χ0n) is 10.7. The van der Waals surface area contributed by atoms with E-state index in [-0.39, 0.29) is 5.02 Å². The number of aromatic nitrogens is 2. The van der Waals surface area contributed by atoms with Crippen LogP contribution in [0.2, 0.25) is 5.02 Å². The van der Waals surface area contributed by atoms with Gasteiger partial charge in [0.05, 0.1) is 5.02 Å². The van der Waals surface area contributed by atoms with Crippen LogP contribution in [0.4, 0.5) is 4.39 Å². The molecule has 2 N–H and O–H groups in total. The number of hydrogen-bond donors (Lipinski definition) is 1. The Hall–Kier alpha value is -1.91. The van der Waals surface area contributed by atoms with Gasteiger partial charge < -0.3 is 10.3 Å². The number of pyridine rings is 1. The maximum absolute atomic E-state index is 13.5. The molecule has 102 valence electrons. The van der Waals surface area contributed by atoms with Gasteiger partial charge in [-0.15, -0.1) is 0 Å². The van der Waals surface area contributed by atoms with Crippen LogP contribution >= 0.6 is 11.6 Å². The summed E-state index contributed by atoms with van der Waals surface area (Å²) in [6.07, 6.45) is 3.70. The molecular formula is C15H13ClFN3. The summed E-state index contributed by atoms with van der Waals surface area (Å²) in [7, 11) is 0. The van der Waals surface area contributed by atoms with Crippen LogP contribution in [-0.2, 0) is 13.1 Å². The molecule has 0 bridgehead atoms. The van der Waals surface area contributed by atoms with Crippen molar-refractivity contribution in [1.82, 2.24) is 9.55 Å². The van der Waals surface area contributed by atoms with Crippen molar-refractivity contribution in [3.05, 3.63) is 64.7 Å². The van der Waals surface area contributed by atoms with Crippen LogP contribution in [-0.4, -0.2) is 9.55 Å². The van der Waals surface area contributed by atoms with Crippen molar-refractivity contribution in [3.8, 4) is 0 Å². The Kier molecular flexibility index (Phi) is 3.42. The van der Waals surface area contributed by atoms with Gasteiger partial charge in [0.1, 0.15) is 11.5 Å². The zero-order valence-corrected chi connectivity index (χ0v) is 11.4. The van der Waals surface area contributed by atoms with Crippen molar-refractivity contribution in [1.29, 1.82) is 0 Å². The highest BCUT2D eigenvalue weighted by atomic mass is 35.5. The molecule has 2 heterocycles. The molecule has 2 aromatic heterocycles. The number of benzene rings is 1. The Bertz CT molecular complexity index is 767. The van der Waals surface area contributed by atoms with Crippen molar-refractivity contribution in [2.45, 2.75) is 13.1 Å². The minimum atomic E-state index is -0.410. The van der Waals surface area contributed by atoms with E-state index in [4.69, 9.17) is 17.3 Å². The molecule has 0 aliphatic heterocycles. The molecule has 0 radical (unpaired) electrons. The van der Waals surface area contributed by atoms with Gasteiger partial charge in [-0.2, -0.15) is 0 Å². The van der Waals surface area contributed by atoms with Crippen molar-refractivity contribution < 1.29 is 4.39 Å². The summed E-state index contributed by atoms with van der Waals surface area (Å²) in [5.74, 6) is -0.410. The fourth-order valence-electron chi connectivity index (χ4n) is 2.31. The van der Waals surface area contributed by atoms with Crippen LogP contribution in [0.3, 0.4) is 0 Å². The lowest BCUT2D eigenvalue weighted by Crippen LogP contribution is -2.00. The predicted octanol–water partition coefficient (Wildman–Crippen LogP) is 3.34. The van der Waals surface area contributed by atoms with Crippen molar-refractivity contribution in [2.24, 2.45) is 5.73 Å². The molecule has 1 aromatic carbocycles. The molecule has 0 saturated carbocycles. The van der Waals surface area contributed by atoms with Crippen molar-refractivity contribution >= 4 is 22.6 Å². The summed E-state index contributed by atoms with van der Waals surface area (Å²) >= 11 is 5.69.